The van der Waals surface area contributed by atoms with Gasteiger partial charge in [-0.3, -0.25) is 19.4 Å². The summed E-state index contributed by atoms with van der Waals surface area (Å²) < 4.78 is -1.20. The number of oxime groups is 1. The normalized spacial score (nSPS) is 25.3. The maximum absolute atomic E-state index is 13.1. The van der Waals surface area contributed by atoms with Crippen molar-refractivity contribution in [2.24, 2.45) is 5.16 Å². The number of rotatable bonds is 9. The van der Waals surface area contributed by atoms with Crippen LogP contribution in [-0.4, -0.2) is 95.5 Å². The lowest BCUT2D eigenvalue weighted by atomic mass is 10.0. The molecule has 2 aromatic heterocycles. The van der Waals surface area contributed by atoms with Gasteiger partial charge >= 0.3 is 5.97 Å². The van der Waals surface area contributed by atoms with Gasteiger partial charge in [0.25, 0.3) is 5.91 Å². The van der Waals surface area contributed by atoms with Crippen LogP contribution in [0.25, 0.3) is 0 Å². The van der Waals surface area contributed by atoms with E-state index in [1.165, 1.54) is 28.4 Å². The zero-order valence-electron chi connectivity index (χ0n) is 20.9. The second-order valence-corrected chi connectivity index (χ2v) is 14.8. The first kappa shape index (κ1) is 29.3. The van der Waals surface area contributed by atoms with Crippen LogP contribution >= 0.6 is 58.2 Å². The summed E-state index contributed by atoms with van der Waals surface area (Å²) in [6.45, 7) is 1.98. The Morgan fingerprint density at radius 2 is 2.15 bits per heavy atom. The number of hydrogen-bond donors (Lipinski definition) is 5. The number of pyridine rings is 1. The largest absolute Gasteiger partial charge is 0.480 e. The average molecular weight is 644 g/mol. The van der Waals surface area contributed by atoms with Crippen molar-refractivity contribution in [3.8, 4) is 0 Å². The molecular weight excluding hydrogens is 618 g/mol. The van der Waals surface area contributed by atoms with E-state index in [4.69, 9.17) is 17.3 Å². The quantitative estimate of drug-likeness (QED) is 0.116. The molecule has 0 aromatic carbocycles. The van der Waals surface area contributed by atoms with Crippen LogP contribution < -0.4 is 16.4 Å². The highest BCUT2D eigenvalue weighted by Gasteiger charge is 2.58. The van der Waals surface area contributed by atoms with E-state index in [-0.39, 0.29) is 27.5 Å². The van der Waals surface area contributed by atoms with Crippen LogP contribution in [0.2, 0.25) is 4.34 Å². The molecule has 5 rings (SSSR count). The molecular formula is C23H26ClN7O5S4. The van der Waals surface area contributed by atoms with Gasteiger partial charge < -0.3 is 31.6 Å². The lowest BCUT2D eigenvalue weighted by Crippen LogP contribution is -2.74. The summed E-state index contributed by atoms with van der Waals surface area (Å²) in [4.78, 5) is 49.0. The summed E-state index contributed by atoms with van der Waals surface area (Å²) in [6.07, 6.45) is 5.62. The number of hydrogen-bond acceptors (Lipinski definition) is 13. The maximum Gasteiger partial charge on any atom is 0.322 e. The predicted octanol–water partition coefficient (Wildman–Crippen LogP) is 1.95. The molecule has 17 heteroatoms. The number of aromatic nitrogens is 2. The van der Waals surface area contributed by atoms with Crippen LogP contribution in [0.3, 0.4) is 0 Å². The third kappa shape index (κ3) is 5.87. The van der Waals surface area contributed by atoms with E-state index >= 15 is 0 Å². The van der Waals surface area contributed by atoms with Gasteiger partial charge in [0.15, 0.2) is 10.8 Å². The number of aliphatic carboxylic acids is 1. The van der Waals surface area contributed by atoms with E-state index in [1.807, 2.05) is 17.8 Å². The van der Waals surface area contributed by atoms with Crippen molar-refractivity contribution in [3.05, 3.63) is 34.1 Å². The monoisotopic (exact) mass is 643 g/mol. The number of halogens is 1. The number of nitrogens with two attached hydrogens (primary N) is 1. The van der Waals surface area contributed by atoms with Gasteiger partial charge in [-0.1, -0.05) is 28.1 Å². The van der Waals surface area contributed by atoms with E-state index < -0.39 is 39.7 Å². The van der Waals surface area contributed by atoms with Crippen molar-refractivity contribution in [2.75, 3.05) is 31.1 Å². The molecule has 2 amide bonds. The maximum atomic E-state index is 13.1. The molecule has 0 aliphatic carbocycles. The Hall–Kier alpha value is -2.24. The Balaban J connectivity index is 1.25. The number of nitrogen functional groups attached to an aromatic ring is 1. The summed E-state index contributed by atoms with van der Waals surface area (Å²) in [7, 11) is 0. The number of carbonyl (C=O) groups excluding carboxylic acids is 2. The molecule has 6 N–H and O–H groups in total. The molecule has 0 spiro atoms. The zero-order valence-corrected chi connectivity index (χ0v) is 24.9. The molecule has 3 atom stereocenters. The first-order valence-electron chi connectivity index (χ1n) is 12.3. The van der Waals surface area contributed by atoms with Crippen LogP contribution in [0.4, 0.5) is 5.13 Å². The molecule has 3 saturated heterocycles. The lowest BCUT2D eigenvalue weighted by Gasteiger charge is -2.53. The minimum atomic E-state index is -1.27. The third-order valence-electron chi connectivity index (χ3n) is 6.80. The van der Waals surface area contributed by atoms with Crippen molar-refractivity contribution in [1.82, 2.24) is 25.5 Å². The van der Waals surface area contributed by atoms with Crippen molar-refractivity contribution in [2.45, 2.75) is 44.9 Å². The number of thioether (sulfide) groups is 3. The number of nitrogens with zero attached hydrogens (tertiary/aromatic N) is 4. The number of piperidine rings is 1. The molecule has 214 valence electrons. The third-order valence-corrected chi connectivity index (χ3v) is 12.5. The number of anilines is 1. The predicted molar refractivity (Wildman–Crippen MR) is 157 cm³/mol. The van der Waals surface area contributed by atoms with Gasteiger partial charge in [-0.25, -0.2) is 4.98 Å². The van der Waals surface area contributed by atoms with E-state index in [1.54, 1.807) is 12.4 Å². The summed E-state index contributed by atoms with van der Waals surface area (Å²) >= 11 is 11.4. The van der Waals surface area contributed by atoms with Gasteiger partial charge in [0.2, 0.25) is 5.91 Å². The lowest BCUT2D eigenvalue weighted by molar-refractivity contribution is -0.151. The van der Waals surface area contributed by atoms with Gasteiger partial charge in [0, 0.05) is 40.6 Å². The molecule has 3 aliphatic rings. The first-order chi connectivity index (χ1) is 19.2. The molecule has 5 heterocycles. The fourth-order valence-electron chi connectivity index (χ4n) is 4.66. The molecule has 40 heavy (non-hydrogen) atoms. The SMILES string of the molecule is Nc1nc(C(=NO)C(=O)N[C@@H]2C(=O)N3CC(Sc4ccncc4CSC4CCNCC4)(C(=O)O)CS[C@H]23)c(Cl)s1. The Bertz CT molecular complexity index is 1340. The Morgan fingerprint density at radius 1 is 1.38 bits per heavy atom. The zero-order chi connectivity index (χ0) is 28.4. The van der Waals surface area contributed by atoms with Gasteiger partial charge in [-0.05, 0) is 37.6 Å². The topological polar surface area (TPSA) is 183 Å². The highest BCUT2D eigenvalue weighted by molar-refractivity contribution is 8.05. The molecule has 2 aromatic rings. The van der Waals surface area contributed by atoms with E-state index in [9.17, 15) is 24.7 Å². The number of nitrogens with one attached hydrogen (secondary N) is 2. The molecule has 3 fully saturated rings. The van der Waals surface area contributed by atoms with Gasteiger partial charge in [-0.15, -0.1) is 23.5 Å². The number of thiazole rings is 1. The first-order valence-corrected chi connectivity index (χ1v) is 16.4. The number of carboxylic acid groups (broad SMARTS) is 1. The second kappa shape index (κ2) is 12.3. The molecule has 3 aliphatic heterocycles. The van der Waals surface area contributed by atoms with Gasteiger partial charge in [0.1, 0.15) is 26.2 Å². The van der Waals surface area contributed by atoms with Crippen molar-refractivity contribution in [1.29, 1.82) is 0 Å². The fourth-order valence-corrected chi connectivity index (χ4v) is 9.82. The molecule has 0 radical (unpaired) electrons. The van der Waals surface area contributed by atoms with Crippen LogP contribution in [0.5, 0.6) is 0 Å². The van der Waals surface area contributed by atoms with E-state index in [0.29, 0.717) is 5.25 Å². The minimum absolute atomic E-state index is 0.0194. The summed E-state index contributed by atoms with van der Waals surface area (Å²) in [5, 5.41) is 28.8. The van der Waals surface area contributed by atoms with Crippen LogP contribution in [0, 0.1) is 0 Å². The summed E-state index contributed by atoms with van der Waals surface area (Å²) in [6, 6.07) is 0.913. The van der Waals surface area contributed by atoms with Crippen molar-refractivity contribution in [3.63, 3.8) is 0 Å². The number of amides is 2. The highest BCUT2D eigenvalue weighted by Crippen LogP contribution is 2.47. The van der Waals surface area contributed by atoms with Crippen molar-refractivity contribution >= 4 is 86.9 Å². The van der Waals surface area contributed by atoms with Gasteiger partial charge in [-0.2, -0.15) is 11.8 Å². The van der Waals surface area contributed by atoms with Crippen LogP contribution in [0.1, 0.15) is 24.1 Å². The highest BCUT2D eigenvalue weighted by atomic mass is 35.5. The van der Waals surface area contributed by atoms with Crippen LogP contribution in [0.15, 0.2) is 28.5 Å². The second-order valence-electron chi connectivity index (χ2n) is 9.39. The Labute approximate surface area is 251 Å². The fraction of sp³-hybridized carbons (Fsp3) is 0.478. The molecule has 1 unspecified atom stereocenters. The Morgan fingerprint density at radius 3 is 2.83 bits per heavy atom. The molecule has 0 bridgehead atoms. The summed E-state index contributed by atoms with van der Waals surface area (Å²) in [5.74, 6) is -1.33. The number of β-lactam (4-membered cyclic amide) rings is 1. The van der Waals surface area contributed by atoms with E-state index in [2.05, 4.69) is 25.8 Å². The van der Waals surface area contributed by atoms with Crippen molar-refractivity contribution < 1.29 is 24.7 Å². The summed E-state index contributed by atoms with van der Waals surface area (Å²) in [5.41, 5.74) is 6.04. The molecule has 12 nitrogen and oxygen atoms in total. The average Bonchev–Trinajstić information content (AvgIpc) is 3.29. The Kier molecular flexibility index (Phi) is 9.01. The molecule has 0 saturated carbocycles. The standard InChI is InChI=1S/C23H26ClN7O5S4/c24-17-14(29-22(25)39-17)15(30-36)18(32)28-16-19(33)31-9-23(21(34)35,10-38-20(16)31)40-13-3-6-27-7-11(13)8-37-12-1-4-26-5-2-12/h3,6-7,12,16,20,26,36H,1-2,4-5,8-10H2,(H2,25,29)(H,28,32)(H,34,35)/t16-,20-,23?/m1/s1. The van der Waals surface area contributed by atoms with Crippen LogP contribution in [-0.2, 0) is 20.1 Å². The van der Waals surface area contributed by atoms with Gasteiger partial charge in [0.05, 0.1) is 0 Å². The smallest absolute Gasteiger partial charge is 0.322 e. The minimum Gasteiger partial charge on any atom is -0.480 e. The van der Waals surface area contributed by atoms with E-state index in [0.717, 1.165) is 53.5 Å². The number of carboxylic acids is 1. The number of carbonyl (C=O) groups is 3. The number of fused-ring (bicyclic) bond motifs is 1.